The monoisotopic (exact) mass is 461 g/mol. The van der Waals surface area contributed by atoms with E-state index in [1.54, 1.807) is 12.4 Å². The van der Waals surface area contributed by atoms with Crippen molar-refractivity contribution in [2.45, 2.75) is 37.9 Å². The second kappa shape index (κ2) is 8.77. The third-order valence-corrected chi connectivity index (χ3v) is 7.06. The molecule has 3 heterocycles. The lowest BCUT2D eigenvalue weighted by molar-refractivity contribution is -0.384. The van der Waals surface area contributed by atoms with Crippen LogP contribution >= 0.6 is 23.1 Å². The van der Waals surface area contributed by atoms with Crippen molar-refractivity contribution in [1.29, 1.82) is 0 Å². The molecule has 31 heavy (non-hydrogen) atoms. The average Bonchev–Trinajstić information content (AvgIpc) is 3.36. The van der Waals surface area contributed by atoms with Gasteiger partial charge in [-0.25, -0.2) is 9.78 Å². The van der Waals surface area contributed by atoms with Gasteiger partial charge in [-0.1, -0.05) is 0 Å². The molecule has 1 fully saturated rings. The van der Waals surface area contributed by atoms with E-state index in [4.69, 9.17) is 4.74 Å². The number of carbonyl (C=O) groups is 2. The lowest BCUT2D eigenvalue weighted by Crippen LogP contribution is -2.61. The number of rotatable bonds is 8. The molecule has 0 aliphatic carbocycles. The summed E-state index contributed by atoms with van der Waals surface area (Å²) in [6.45, 7) is 1.50. The molecule has 0 unspecified atom stereocenters. The van der Waals surface area contributed by atoms with Gasteiger partial charge in [-0.05, 0) is 24.6 Å². The SMILES string of the molecule is C[C@@H](O)[C@H]1C(=O)N2C(C(=O)OCc3ccc([N+](=O)[O-])cc3)=C(SCc3cscn3)C[C@H]12. The Kier molecular flexibility index (Phi) is 6.08. The van der Waals surface area contributed by atoms with Crippen LogP contribution in [-0.4, -0.2) is 43.9 Å². The van der Waals surface area contributed by atoms with Crippen molar-refractivity contribution in [3.05, 3.63) is 67.1 Å². The highest BCUT2D eigenvalue weighted by molar-refractivity contribution is 8.02. The van der Waals surface area contributed by atoms with Crippen LogP contribution in [0.3, 0.4) is 0 Å². The highest BCUT2D eigenvalue weighted by Crippen LogP contribution is 2.47. The van der Waals surface area contributed by atoms with Gasteiger partial charge in [0.25, 0.3) is 5.69 Å². The molecule has 2 aliphatic rings. The van der Waals surface area contributed by atoms with Crippen LogP contribution in [0.4, 0.5) is 5.69 Å². The smallest absolute Gasteiger partial charge is 0.356 e. The van der Waals surface area contributed by atoms with Crippen LogP contribution in [0, 0.1) is 16.0 Å². The zero-order valence-corrected chi connectivity index (χ0v) is 18.1. The first-order valence-corrected chi connectivity index (χ1v) is 11.4. The second-order valence-corrected chi connectivity index (χ2v) is 9.07. The number of ether oxygens (including phenoxy) is 1. The number of nitro benzene ring substituents is 1. The number of aliphatic hydroxyl groups is 1. The molecular weight excluding hydrogens is 442 g/mol. The summed E-state index contributed by atoms with van der Waals surface area (Å²) in [5.74, 6) is -0.882. The Morgan fingerprint density at radius 1 is 1.45 bits per heavy atom. The molecule has 0 radical (unpaired) electrons. The fourth-order valence-electron chi connectivity index (χ4n) is 3.75. The van der Waals surface area contributed by atoms with Gasteiger partial charge in [-0.3, -0.25) is 14.9 Å². The number of aliphatic hydroxyl groups excluding tert-OH is 1. The summed E-state index contributed by atoms with van der Waals surface area (Å²) in [6.07, 6.45) is -0.313. The Balaban J connectivity index is 1.49. The zero-order valence-electron chi connectivity index (χ0n) is 16.5. The molecule has 0 bridgehead atoms. The first-order chi connectivity index (χ1) is 14.9. The summed E-state index contributed by atoms with van der Waals surface area (Å²) in [4.78, 5) is 42.2. The molecule has 9 nitrogen and oxygen atoms in total. The van der Waals surface area contributed by atoms with E-state index in [2.05, 4.69) is 4.98 Å². The molecule has 4 rings (SSSR count). The van der Waals surface area contributed by atoms with E-state index in [-0.39, 0.29) is 29.9 Å². The Morgan fingerprint density at radius 2 is 2.19 bits per heavy atom. The molecule has 0 spiro atoms. The van der Waals surface area contributed by atoms with E-state index in [0.717, 1.165) is 10.6 Å². The molecule has 1 amide bonds. The number of benzene rings is 1. The average molecular weight is 462 g/mol. The van der Waals surface area contributed by atoms with E-state index in [1.165, 1.54) is 52.3 Å². The van der Waals surface area contributed by atoms with Gasteiger partial charge < -0.3 is 14.7 Å². The van der Waals surface area contributed by atoms with Crippen molar-refractivity contribution in [2.75, 3.05) is 0 Å². The number of aromatic nitrogens is 1. The van der Waals surface area contributed by atoms with Crippen LogP contribution in [-0.2, 0) is 26.7 Å². The quantitative estimate of drug-likeness (QED) is 0.276. The van der Waals surface area contributed by atoms with Crippen LogP contribution in [0.5, 0.6) is 0 Å². The molecule has 3 atom stereocenters. The number of amides is 1. The number of nitrogens with zero attached hydrogens (tertiary/aromatic N) is 3. The fraction of sp³-hybridized carbons (Fsp3) is 0.350. The number of carbonyl (C=O) groups excluding carboxylic acids is 2. The Labute approximate surface area is 185 Å². The maximum Gasteiger partial charge on any atom is 0.356 e. The van der Waals surface area contributed by atoms with Gasteiger partial charge in [0.1, 0.15) is 12.3 Å². The standard InChI is InChI=1S/C20H19N3O6S2/c1-11(24)17-15-6-16(31-9-13-8-30-10-21-13)18(22(15)19(17)25)20(26)29-7-12-2-4-14(5-3-12)23(27)28/h2-5,8,10-11,15,17,24H,6-7,9H2,1H3/t11-,15-,17-/m1/s1. The minimum Gasteiger partial charge on any atom is -0.456 e. The molecule has 1 aromatic heterocycles. The van der Waals surface area contributed by atoms with E-state index in [1.807, 2.05) is 5.38 Å². The normalized spacial score (nSPS) is 21.0. The molecule has 11 heteroatoms. The predicted molar refractivity (Wildman–Crippen MR) is 114 cm³/mol. The predicted octanol–water partition coefficient (Wildman–Crippen LogP) is 2.85. The lowest BCUT2D eigenvalue weighted by atomic mass is 9.83. The van der Waals surface area contributed by atoms with E-state index < -0.39 is 22.9 Å². The number of non-ortho nitro benzene ring substituents is 1. The van der Waals surface area contributed by atoms with Gasteiger partial charge >= 0.3 is 5.97 Å². The lowest BCUT2D eigenvalue weighted by Gasteiger charge is -2.44. The van der Waals surface area contributed by atoms with Gasteiger partial charge in [0.05, 0.1) is 34.2 Å². The van der Waals surface area contributed by atoms with E-state index in [0.29, 0.717) is 17.7 Å². The Morgan fingerprint density at radius 3 is 2.81 bits per heavy atom. The first kappa shape index (κ1) is 21.5. The fourth-order valence-corrected chi connectivity index (χ4v) is 5.50. The van der Waals surface area contributed by atoms with Gasteiger partial charge in [-0.15, -0.1) is 23.1 Å². The van der Waals surface area contributed by atoms with Crippen LogP contribution in [0.1, 0.15) is 24.6 Å². The van der Waals surface area contributed by atoms with Gasteiger partial charge in [0.2, 0.25) is 5.91 Å². The Hall–Kier alpha value is -2.76. The molecule has 1 saturated heterocycles. The molecule has 2 aliphatic heterocycles. The molecule has 1 aromatic carbocycles. The van der Waals surface area contributed by atoms with Crippen molar-refractivity contribution in [1.82, 2.24) is 9.88 Å². The number of thiazole rings is 1. The summed E-state index contributed by atoms with van der Waals surface area (Å²) in [7, 11) is 0. The number of hydrogen-bond donors (Lipinski definition) is 1. The summed E-state index contributed by atoms with van der Waals surface area (Å²) in [5.41, 5.74) is 3.39. The highest BCUT2D eigenvalue weighted by Gasteiger charge is 2.57. The topological polar surface area (TPSA) is 123 Å². The first-order valence-electron chi connectivity index (χ1n) is 9.51. The van der Waals surface area contributed by atoms with Crippen molar-refractivity contribution in [2.24, 2.45) is 5.92 Å². The van der Waals surface area contributed by atoms with Crippen LogP contribution < -0.4 is 0 Å². The molecule has 1 N–H and O–H groups in total. The molecule has 0 saturated carbocycles. The molecule has 162 valence electrons. The van der Waals surface area contributed by atoms with Crippen LogP contribution in [0.15, 0.2) is 45.8 Å². The van der Waals surface area contributed by atoms with Crippen LogP contribution in [0.25, 0.3) is 0 Å². The number of esters is 1. The number of hydrogen-bond acceptors (Lipinski definition) is 9. The number of thioether (sulfide) groups is 1. The van der Waals surface area contributed by atoms with Crippen molar-refractivity contribution < 1.29 is 24.4 Å². The minimum atomic E-state index is -0.797. The minimum absolute atomic E-state index is 0.0486. The zero-order chi connectivity index (χ0) is 22.1. The molecular formula is C20H19N3O6S2. The summed E-state index contributed by atoms with van der Waals surface area (Å²) in [6, 6.07) is 5.47. The summed E-state index contributed by atoms with van der Waals surface area (Å²) in [5, 5.41) is 22.6. The van der Waals surface area contributed by atoms with Crippen LogP contribution in [0.2, 0.25) is 0 Å². The third kappa shape index (κ3) is 4.21. The van der Waals surface area contributed by atoms with Crippen molar-refractivity contribution in [3.63, 3.8) is 0 Å². The van der Waals surface area contributed by atoms with Gasteiger partial charge in [-0.2, -0.15) is 0 Å². The highest BCUT2D eigenvalue weighted by atomic mass is 32.2. The Bertz CT molecular complexity index is 1040. The van der Waals surface area contributed by atoms with E-state index >= 15 is 0 Å². The number of fused-ring (bicyclic) bond motifs is 1. The largest absolute Gasteiger partial charge is 0.456 e. The summed E-state index contributed by atoms with van der Waals surface area (Å²) >= 11 is 2.92. The number of nitro groups is 1. The maximum atomic E-state index is 12.9. The molecule has 2 aromatic rings. The third-order valence-electron chi connectivity index (χ3n) is 5.28. The van der Waals surface area contributed by atoms with Gasteiger partial charge in [0.15, 0.2) is 0 Å². The second-order valence-electron chi connectivity index (χ2n) is 7.29. The maximum absolute atomic E-state index is 12.9. The van der Waals surface area contributed by atoms with E-state index in [9.17, 15) is 24.8 Å². The van der Waals surface area contributed by atoms with Crippen molar-refractivity contribution >= 4 is 40.7 Å². The van der Waals surface area contributed by atoms with Gasteiger partial charge in [0, 0.05) is 34.6 Å². The number of β-lactam (4-membered cyclic amide) rings is 1. The summed E-state index contributed by atoms with van der Waals surface area (Å²) < 4.78 is 5.43. The van der Waals surface area contributed by atoms with Crippen molar-refractivity contribution in [3.8, 4) is 0 Å².